The summed E-state index contributed by atoms with van der Waals surface area (Å²) in [4.78, 5) is 4.70. The molecule has 0 saturated carbocycles. The molecule has 0 radical (unpaired) electrons. The molecule has 0 aliphatic carbocycles. The Kier molecular flexibility index (Phi) is 4.38. The number of rotatable bonds is 4. The Bertz CT molecular complexity index is 731. The van der Waals surface area contributed by atoms with Gasteiger partial charge in [-0.3, -0.25) is 0 Å². The van der Waals surface area contributed by atoms with Crippen molar-refractivity contribution < 1.29 is 0 Å². The van der Waals surface area contributed by atoms with Crippen LogP contribution in [0.25, 0.3) is 10.9 Å². The fourth-order valence-corrected chi connectivity index (χ4v) is 3.92. The van der Waals surface area contributed by atoms with Gasteiger partial charge in [0, 0.05) is 26.3 Å². The van der Waals surface area contributed by atoms with Crippen molar-refractivity contribution >= 4 is 38.6 Å². The van der Waals surface area contributed by atoms with E-state index in [1.54, 1.807) is 11.8 Å². The van der Waals surface area contributed by atoms with Crippen LogP contribution in [0.1, 0.15) is 12.5 Å². The van der Waals surface area contributed by atoms with Gasteiger partial charge in [-0.2, -0.15) is 0 Å². The van der Waals surface area contributed by atoms with E-state index in [9.17, 15) is 0 Å². The molecule has 1 aromatic heterocycles. The predicted octanol–water partition coefficient (Wildman–Crippen LogP) is 4.97. The number of hydrogen-bond donors (Lipinski definition) is 2. The SMILES string of the molecule is CC(N)Cc1ccc(Br)cc1Sc1cc2ccccc2[nH]1. The smallest absolute Gasteiger partial charge is 0.0780 e. The highest BCUT2D eigenvalue weighted by atomic mass is 79.9. The lowest BCUT2D eigenvalue weighted by molar-refractivity contribution is 0.729. The minimum atomic E-state index is 0.160. The number of H-pyrrole nitrogens is 1. The van der Waals surface area contributed by atoms with Gasteiger partial charge in [0.2, 0.25) is 0 Å². The Morgan fingerprint density at radius 2 is 2.00 bits per heavy atom. The van der Waals surface area contributed by atoms with Crippen LogP contribution in [0.15, 0.2) is 62.9 Å². The topological polar surface area (TPSA) is 41.8 Å². The van der Waals surface area contributed by atoms with E-state index in [1.165, 1.54) is 21.4 Å². The molecule has 1 unspecified atom stereocenters. The van der Waals surface area contributed by atoms with Crippen LogP contribution < -0.4 is 5.73 Å². The predicted molar refractivity (Wildman–Crippen MR) is 93.9 cm³/mol. The fraction of sp³-hybridized carbons (Fsp3) is 0.176. The summed E-state index contributed by atoms with van der Waals surface area (Å²) in [6.07, 6.45) is 0.885. The maximum atomic E-state index is 5.96. The lowest BCUT2D eigenvalue weighted by atomic mass is 10.1. The third kappa shape index (κ3) is 3.51. The number of nitrogens with one attached hydrogen (secondary N) is 1. The zero-order valence-electron chi connectivity index (χ0n) is 11.8. The van der Waals surface area contributed by atoms with Crippen LogP contribution in [-0.4, -0.2) is 11.0 Å². The lowest BCUT2D eigenvalue weighted by Crippen LogP contribution is -2.18. The van der Waals surface area contributed by atoms with Crippen molar-refractivity contribution in [2.75, 3.05) is 0 Å². The van der Waals surface area contributed by atoms with Gasteiger partial charge in [0.25, 0.3) is 0 Å². The molecule has 0 aliphatic rings. The van der Waals surface area contributed by atoms with E-state index < -0.39 is 0 Å². The Balaban J connectivity index is 1.94. The molecule has 3 rings (SSSR count). The van der Waals surface area contributed by atoms with E-state index >= 15 is 0 Å². The average molecular weight is 361 g/mol. The molecule has 0 saturated heterocycles. The number of nitrogens with two attached hydrogens (primary N) is 1. The van der Waals surface area contributed by atoms with Crippen LogP contribution in [0.4, 0.5) is 0 Å². The molecule has 1 atom stereocenters. The number of aromatic amines is 1. The van der Waals surface area contributed by atoms with Crippen molar-refractivity contribution in [3.63, 3.8) is 0 Å². The first kappa shape index (κ1) is 14.7. The summed E-state index contributed by atoms with van der Waals surface area (Å²) in [6, 6.07) is 17.1. The lowest BCUT2D eigenvalue weighted by Gasteiger charge is -2.11. The highest BCUT2D eigenvalue weighted by molar-refractivity contribution is 9.10. The molecule has 1 heterocycles. The molecule has 2 aromatic carbocycles. The van der Waals surface area contributed by atoms with Gasteiger partial charge in [-0.05, 0) is 43.2 Å². The molecule has 3 aromatic rings. The maximum Gasteiger partial charge on any atom is 0.0780 e. The summed E-state index contributed by atoms with van der Waals surface area (Å²) in [6.45, 7) is 2.04. The van der Waals surface area contributed by atoms with Gasteiger partial charge >= 0.3 is 0 Å². The second-order valence-electron chi connectivity index (χ2n) is 5.26. The Hall–Kier alpha value is -1.23. The first-order valence-electron chi connectivity index (χ1n) is 6.91. The van der Waals surface area contributed by atoms with E-state index in [0.29, 0.717) is 0 Å². The monoisotopic (exact) mass is 360 g/mol. The van der Waals surface area contributed by atoms with Crippen molar-refractivity contribution in [1.82, 2.24) is 4.98 Å². The number of hydrogen-bond acceptors (Lipinski definition) is 2. The molecule has 0 aliphatic heterocycles. The van der Waals surface area contributed by atoms with Crippen LogP contribution in [0.3, 0.4) is 0 Å². The molecule has 4 heteroatoms. The Morgan fingerprint density at radius 1 is 1.19 bits per heavy atom. The zero-order valence-corrected chi connectivity index (χ0v) is 14.2. The van der Waals surface area contributed by atoms with Crippen LogP contribution in [0.5, 0.6) is 0 Å². The Labute approximate surface area is 137 Å². The highest BCUT2D eigenvalue weighted by Crippen LogP contribution is 2.34. The maximum absolute atomic E-state index is 5.96. The number of aromatic nitrogens is 1. The molecule has 0 bridgehead atoms. The number of fused-ring (bicyclic) bond motifs is 1. The second-order valence-corrected chi connectivity index (χ2v) is 7.26. The third-order valence-corrected chi connectivity index (χ3v) is 4.83. The molecule has 0 fully saturated rings. The van der Waals surface area contributed by atoms with E-state index in [2.05, 4.69) is 63.4 Å². The molecular weight excluding hydrogens is 344 g/mol. The quantitative estimate of drug-likeness (QED) is 0.689. The molecule has 0 spiro atoms. The van der Waals surface area contributed by atoms with Gasteiger partial charge in [0.15, 0.2) is 0 Å². The summed E-state index contributed by atoms with van der Waals surface area (Å²) in [5.74, 6) is 0. The van der Waals surface area contributed by atoms with Gasteiger partial charge in [-0.15, -0.1) is 0 Å². The molecule has 3 N–H and O–H groups in total. The van der Waals surface area contributed by atoms with Crippen LogP contribution in [0, 0.1) is 0 Å². The van der Waals surface area contributed by atoms with Crippen LogP contribution in [0.2, 0.25) is 0 Å². The largest absolute Gasteiger partial charge is 0.349 e. The normalized spacial score (nSPS) is 12.7. The summed E-state index contributed by atoms with van der Waals surface area (Å²) in [5, 5.41) is 2.39. The highest BCUT2D eigenvalue weighted by Gasteiger charge is 2.09. The van der Waals surface area contributed by atoms with Crippen molar-refractivity contribution in [1.29, 1.82) is 0 Å². The van der Waals surface area contributed by atoms with E-state index in [-0.39, 0.29) is 6.04 Å². The second kappa shape index (κ2) is 6.26. The summed E-state index contributed by atoms with van der Waals surface area (Å²) >= 11 is 5.31. The van der Waals surface area contributed by atoms with Crippen molar-refractivity contribution in [3.8, 4) is 0 Å². The number of benzene rings is 2. The van der Waals surface area contributed by atoms with Crippen molar-refractivity contribution in [3.05, 3.63) is 58.6 Å². The van der Waals surface area contributed by atoms with Crippen molar-refractivity contribution in [2.45, 2.75) is 29.3 Å². The fourth-order valence-electron chi connectivity index (χ4n) is 2.36. The number of halogens is 1. The molecule has 21 heavy (non-hydrogen) atoms. The Morgan fingerprint density at radius 3 is 2.76 bits per heavy atom. The van der Waals surface area contributed by atoms with Gasteiger partial charge in [0.1, 0.15) is 0 Å². The van der Waals surface area contributed by atoms with Gasteiger partial charge < -0.3 is 10.7 Å². The third-order valence-electron chi connectivity index (χ3n) is 3.30. The first-order valence-corrected chi connectivity index (χ1v) is 8.52. The molecule has 0 amide bonds. The standard InChI is InChI=1S/C17H17BrN2S/c1-11(19)8-13-6-7-14(18)10-16(13)21-17-9-12-4-2-3-5-15(12)20-17/h2-7,9-11,20H,8,19H2,1H3. The van der Waals surface area contributed by atoms with Gasteiger partial charge in [-0.25, -0.2) is 0 Å². The van der Waals surface area contributed by atoms with Gasteiger partial charge in [0.05, 0.1) is 5.03 Å². The number of para-hydroxylation sites is 1. The average Bonchev–Trinajstić information content (AvgIpc) is 2.83. The minimum Gasteiger partial charge on any atom is -0.349 e. The summed E-state index contributed by atoms with van der Waals surface area (Å²) < 4.78 is 1.09. The van der Waals surface area contributed by atoms with E-state index in [1.807, 2.05) is 13.0 Å². The van der Waals surface area contributed by atoms with Crippen LogP contribution >= 0.6 is 27.7 Å². The van der Waals surface area contributed by atoms with E-state index in [0.717, 1.165) is 15.9 Å². The summed E-state index contributed by atoms with van der Waals surface area (Å²) in [5.41, 5.74) is 8.42. The first-order chi connectivity index (χ1) is 10.1. The van der Waals surface area contributed by atoms with Crippen molar-refractivity contribution in [2.24, 2.45) is 5.73 Å². The summed E-state index contributed by atoms with van der Waals surface area (Å²) in [7, 11) is 0. The zero-order chi connectivity index (χ0) is 14.8. The minimum absolute atomic E-state index is 0.160. The molecule has 108 valence electrons. The van der Waals surface area contributed by atoms with Crippen LogP contribution in [-0.2, 0) is 6.42 Å². The molecular formula is C17H17BrN2S. The molecule has 2 nitrogen and oxygen atoms in total. The van der Waals surface area contributed by atoms with Gasteiger partial charge in [-0.1, -0.05) is 52.0 Å². The van der Waals surface area contributed by atoms with E-state index in [4.69, 9.17) is 5.73 Å².